The van der Waals surface area contributed by atoms with Crippen LogP contribution >= 0.6 is 23.2 Å². The van der Waals surface area contributed by atoms with Crippen LogP contribution < -0.4 is 9.64 Å². The van der Waals surface area contributed by atoms with Crippen LogP contribution in [0.4, 0.5) is 5.69 Å². The highest BCUT2D eigenvalue weighted by Crippen LogP contribution is 2.63. The minimum Gasteiger partial charge on any atom is -0.508 e. The molecule has 160 valence electrons. The molecule has 3 rings (SSSR count). The zero-order chi connectivity index (χ0) is 23.1. The van der Waals surface area contributed by atoms with Crippen LogP contribution in [0.1, 0.15) is 13.8 Å². The van der Waals surface area contributed by atoms with Crippen LogP contribution in [0.15, 0.2) is 57.1 Å². The van der Waals surface area contributed by atoms with E-state index >= 15 is 0 Å². The maximum absolute atomic E-state index is 13.0. The van der Waals surface area contributed by atoms with E-state index in [9.17, 15) is 25.5 Å². The van der Waals surface area contributed by atoms with E-state index in [4.69, 9.17) is 32.7 Å². The molecular formula is C21H17Cl2N3O5. The first-order valence-electron chi connectivity index (χ1n) is 9.03. The van der Waals surface area contributed by atoms with Crippen molar-refractivity contribution in [3.8, 4) is 17.9 Å². The Labute approximate surface area is 188 Å². The molecule has 1 aliphatic heterocycles. The Bertz CT molecular complexity index is 1140. The van der Waals surface area contributed by atoms with Crippen LogP contribution in [-0.2, 0) is 9.53 Å². The monoisotopic (exact) mass is 461 g/mol. The number of anilines is 1. The number of halogens is 2. The Balaban J connectivity index is 2.48. The standard InChI is InChI=1S/C21H17Cl2N3O5/c1-4-31-19(29)14-11(2)26(12-5-7-13(30-3)8-6-12)21(10-25)18(28)16(23)15(22)17(27)20(14,21)9-24/h5-8,27-28H,4H2,1-3H3/t20-,21+/m0/s1. The molecule has 1 heterocycles. The Morgan fingerprint density at radius 2 is 1.71 bits per heavy atom. The number of carbonyl (C=O) groups excluding carboxylic acids is 1. The van der Waals surface area contributed by atoms with E-state index in [0.29, 0.717) is 11.4 Å². The van der Waals surface area contributed by atoms with Crippen LogP contribution in [-0.4, -0.2) is 35.4 Å². The lowest BCUT2D eigenvalue weighted by atomic mass is 9.63. The second-order valence-corrected chi connectivity index (χ2v) is 7.48. The molecule has 1 aromatic carbocycles. The fourth-order valence-electron chi connectivity index (χ4n) is 4.09. The highest BCUT2D eigenvalue weighted by Gasteiger charge is 2.74. The summed E-state index contributed by atoms with van der Waals surface area (Å²) in [5, 5.41) is 41.6. The van der Waals surface area contributed by atoms with Crippen molar-refractivity contribution in [2.45, 2.75) is 19.4 Å². The number of fused-ring (bicyclic) bond motifs is 1. The molecule has 0 bridgehead atoms. The molecule has 2 atom stereocenters. The summed E-state index contributed by atoms with van der Waals surface area (Å²) in [5.41, 5.74) is -4.65. The largest absolute Gasteiger partial charge is 0.508 e. The molecule has 31 heavy (non-hydrogen) atoms. The molecule has 8 nitrogen and oxygen atoms in total. The Morgan fingerprint density at radius 3 is 2.19 bits per heavy atom. The zero-order valence-corrected chi connectivity index (χ0v) is 18.2. The van der Waals surface area contributed by atoms with Gasteiger partial charge in [-0.2, -0.15) is 10.5 Å². The summed E-state index contributed by atoms with van der Waals surface area (Å²) in [6.45, 7) is 3.01. The molecule has 0 unspecified atom stereocenters. The maximum atomic E-state index is 13.0. The lowest BCUT2D eigenvalue weighted by molar-refractivity contribution is -0.139. The van der Waals surface area contributed by atoms with Gasteiger partial charge in [0.15, 0.2) is 11.2 Å². The fraction of sp³-hybridized carbons (Fsp3) is 0.286. The SMILES string of the molecule is CCOC(=O)C1=C(C)N(c2ccc(OC)cc2)[C@]2(C#N)C(O)=C(Cl)C(Cl)=C(O)[C@]12C#N. The number of esters is 1. The number of methoxy groups -OCH3 is 1. The van der Waals surface area contributed by atoms with Gasteiger partial charge in [0.2, 0.25) is 5.54 Å². The molecule has 2 N–H and O–H groups in total. The maximum Gasteiger partial charge on any atom is 0.338 e. The lowest BCUT2D eigenvalue weighted by Crippen LogP contribution is -2.59. The second kappa shape index (κ2) is 7.73. The minimum atomic E-state index is -2.41. The van der Waals surface area contributed by atoms with Gasteiger partial charge in [-0.1, -0.05) is 23.2 Å². The Kier molecular flexibility index (Phi) is 5.58. The van der Waals surface area contributed by atoms with E-state index in [0.717, 1.165) is 0 Å². The van der Waals surface area contributed by atoms with E-state index in [1.54, 1.807) is 31.2 Å². The number of ether oxygens (including phenoxy) is 2. The van der Waals surface area contributed by atoms with Crippen LogP contribution in [0.25, 0.3) is 0 Å². The third-order valence-corrected chi connectivity index (χ3v) is 6.23. The van der Waals surface area contributed by atoms with Crippen LogP contribution in [0.3, 0.4) is 0 Å². The van der Waals surface area contributed by atoms with Gasteiger partial charge in [-0.3, -0.25) is 0 Å². The van der Waals surface area contributed by atoms with Gasteiger partial charge in [0.1, 0.15) is 27.6 Å². The third kappa shape index (κ3) is 2.62. The van der Waals surface area contributed by atoms with E-state index in [1.165, 1.54) is 18.9 Å². The van der Waals surface area contributed by atoms with E-state index in [-0.39, 0.29) is 17.9 Å². The molecule has 10 heteroatoms. The molecule has 0 spiro atoms. The molecule has 0 saturated heterocycles. The second-order valence-electron chi connectivity index (χ2n) is 6.72. The van der Waals surface area contributed by atoms with E-state index in [2.05, 4.69) is 0 Å². The number of hydrogen-bond donors (Lipinski definition) is 2. The number of carbonyl (C=O) groups is 1. The van der Waals surface area contributed by atoms with E-state index < -0.39 is 38.5 Å². The predicted octanol–water partition coefficient (Wildman–Crippen LogP) is 4.16. The van der Waals surface area contributed by atoms with Crippen molar-refractivity contribution < 1.29 is 24.5 Å². The molecule has 0 fully saturated rings. The minimum absolute atomic E-state index is 0.0278. The van der Waals surface area contributed by atoms with Crippen LogP contribution in [0, 0.1) is 28.1 Å². The first-order valence-corrected chi connectivity index (χ1v) is 9.79. The Morgan fingerprint density at radius 1 is 1.13 bits per heavy atom. The average Bonchev–Trinajstić information content (AvgIpc) is 3.02. The van der Waals surface area contributed by atoms with Gasteiger partial charge < -0.3 is 24.6 Å². The van der Waals surface area contributed by atoms with E-state index in [1.807, 2.05) is 12.1 Å². The molecule has 0 radical (unpaired) electrons. The highest BCUT2D eigenvalue weighted by molar-refractivity contribution is 6.44. The third-order valence-electron chi connectivity index (χ3n) is 5.40. The summed E-state index contributed by atoms with van der Waals surface area (Å²) in [5.74, 6) is -2.05. The van der Waals surface area contributed by atoms with Crippen molar-refractivity contribution in [3.63, 3.8) is 0 Å². The molecule has 0 saturated carbocycles. The highest BCUT2D eigenvalue weighted by atomic mass is 35.5. The summed E-state index contributed by atoms with van der Waals surface area (Å²) in [6.07, 6.45) is 0. The number of nitriles is 2. The van der Waals surface area contributed by atoms with Gasteiger partial charge in [-0.05, 0) is 38.1 Å². The van der Waals surface area contributed by atoms with Crippen molar-refractivity contribution in [2.75, 3.05) is 18.6 Å². The number of benzene rings is 1. The van der Waals surface area contributed by atoms with Gasteiger partial charge in [-0.25, -0.2) is 4.79 Å². The number of allylic oxidation sites excluding steroid dienone is 3. The summed E-state index contributed by atoms with van der Waals surface area (Å²) >= 11 is 12.2. The smallest absolute Gasteiger partial charge is 0.338 e. The molecule has 0 amide bonds. The number of nitrogens with zero attached hydrogens (tertiary/aromatic N) is 3. The number of hydrogen-bond acceptors (Lipinski definition) is 8. The molecule has 1 aromatic rings. The van der Waals surface area contributed by atoms with Gasteiger partial charge >= 0.3 is 5.97 Å². The van der Waals surface area contributed by atoms with Gasteiger partial charge in [0.05, 0.1) is 25.4 Å². The normalized spacial score (nSPS) is 25.2. The lowest BCUT2D eigenvalue weighted by Gasteiger charge is -2.44. The number of aliphatic hydroxyl groups excluding tert-OH is 2. The van der Waals surface area contributed by atoms with Gasteiger partial charge in [0, 0.05) is 11.4 Å². The first kappa shape index (κ1) is 22.4. The van der Waals surface area contributed by atoms with Gasteiger partial charge in [0.25, 0.3) is 0 Å². The number of aliphatic hydroxyl groups is 2. The summed E-state index contributed by atoms with van der Waals surface area (Å²) in [7, 11) is 1.48. The van der Waals surface area contributed by atoms with Crippen LogP contribution in [0.5, 0.6) is 5.75 Å². The summed E-state index contributed by atoms with van der Waals surface area (Å²) < 4.78 is 10.3. The van der Waals surface area contributed by atoms with Gasteiger partial charge in [-0.15, -0.1) is 0 Å². The van der Waals surface area contributed by atoms with Crippen molar-refractivity contribution in [1.29, 1.82) is 10.5 Å². The van der Waals surface area contributed by atoms with Crippen molar-refractivity contribution in [2.24, 2.45) is 5.41 Å². The molecule has 2 aliphatic rings. The topological polar surface area (TPSA) is 127 Å². The quantitative estimate of drug-likeness (QED) is 0.639. The van der Waals surface area contributed by atoms with Crippen molar-refractivity contribution >= 4 is 34.9 Å². The zero-order valence-electron chi connectivity index (χ0n) is 16.7. The molecule has 1 aliphatic carbocycles. The summed E-state index contributed by atoms with van der Waals surface area (Å²) in [4.78, 5) is 14.2. The molecule has 0 aromatic heterocycles. The Hall–Kier alpha value is -3.33. The van der Waals surface area contributed by atoms with Crippen LogP contribution in [0.2, 0.25) is 0 Å². The predicted molar refractivity (Wildman–Crippen MR) is 112 cm³/mol. The van der Waals surface area contributed by atoms with Crippen molar-refractivity contribution in [1.82, 2.24) is 0 Å². The average molecular weight is 462 g/mol. The fourth-order valence-corrected chi connectivity index (χ4v) is 4.54. The molecular weight excluding hydrogens is 445 g/mol. The summed E-state index contributed by atoms with van der Waals surface area (Å²) in [6, 6.07) is 10.1. The number of rotatable bonds is 4. The first-order chi connectivity index (χ1) is 14.7. The van der Waals surface area contributed by atoms with Crippen molar-refractivity contribution in [3.05, 3.63) is 57.1 Å².